The second kappa shape index (κ2) is 7.37. The fourth-order valence-corrected chi connectivity index (χ4v) is 2.53. The zero-order valence-corrected chi connectivity index (χ0v) is 13.8. The second-order valence-corrected chi connectivity index (χ2v) is 5.93. The molecule has 112 valence electrons. The quantitative estimate of drug-likeness (QED) is 0.776. The number of nitrogens with two attached hydrogens (primary N) is 1. The molecule has 0 saturated carbocycles. The minimum atomic E-state index is -0.346. The van der Waals surface area contributed by atoms with Crippen LogP contribution in [-0.2, 0) is 0 Å². The van der Waals surface area contributed by atoms with Crippen LogP contribution < -0.4 is 10.5 Å². The summed E-state index contributed by atoms with van der Waals surface area (Å²) in [5.41, 5.74) is 7.05. The summed E-state index contributed by atoms with van der Waals surface area (Å²) >= 11 is 18.2. The van der Waals surface area contributed by atoms with Gasteiger partial charge < -0.3 is 10.5 Å². The largest absolute Gasteiger partial charge is 0.484 e. The van der Waals surface area contributed by atoms with Crippen molar-refractivity contribution in [1.82, 2.24) is 0 Å². The van der Waals surface area contributed by atoms with Crippen molar-refractivity contribution < 1.29 is 4.74 Å². The average Bonchev–Trinajstić information content (AvgIpc) is 2.48. The summed E-state index contributed by atoms with van der Waals surface area (Å²) < 4.78 is 6.02. The zero-order chi connectivity index (χ0) is 15.4. The molecule has 2 aromatic carbocycles. The van der Waals surface area contributed by atoms with E-state index in [2.05, 4.69) is 0 Å². The molecule has 2 N–H and O–H groups in total. The lowest BCUT2D eigenvalue weighted by atomic mass is 10.0. The van der Waals surface area contributed by atoms with E-state index in [9.17, 15) is 0 Å². The zero-order valence-electron chi connectivity index (χ0n) is 11.5. The number of hydrogen-bond acceptors (Lipinski definition) is 2. The third-order valence-electron chi connectivity index (χ3n) is 3.23. The monoisotopic (exact) mass is 343 g/mol. The van der Waals surface area contributed by atoms with Crippen molar-refractivity contribution in [2.45, 2.75) is 25.5 Å². The molecule has 2 atom stereocenters. The van der Waals surface area contributed by atoms with Gasteiger partial charge in [-0.3, -0.25) is 0 Å². The van der Waals surface area contributed by atoms with Crippen LogP contribution in [0.3, 0.4) is 0 Å². The van der Waals surface area contributed by atoms with Gasteiger partial charge in [-0.25, -0.2) is 0 Å². The first kappa shape index (κ1) is 16.4. The Morgan fingerprint density at radius 2 is 1.71 bits per heavy atom. The summed E-state index contributed by atoms with van der Waals surface area (Å²) in [6, 6.07) is 12.5. The van der Waals surface area contributed by atoms with E-state index in [0.29, 0.717) is 20.8 Å². The molecule has 2 aromatic rings. The summed E-state index contributed by atoms with van der Waals surface area (Å²) in [4.78, 5) is 0. The maximum Gasteiger partial charge on any atom is 0.140 e. The molecular weight excluding hydrogens is 329 g/mol. The van der Waals surface area contributed by atoms with Gasteiger partial charge in [-0.15, -0.1) is 0 Å². The summed E-state index contributed by atoms with van der Waals surface area (Å²) in [6.07, 6.45) is 0.415. The molecule has 2 unspecified atom stereocenters. The lowest BCUT2D eigenvalue weighted by Crippen LogP contribution is -2.31. The van der Waals surface area contributed by atoms with Crippen LogP contribution in [0.4, 0.5) is 0 Å². The highest BCUT2D eigenvalue weighted by Gasteiger charge is 2.23. The van der Waals surface area contributed by atoms with Gasteiger partial charge in [0.1, 0.15) is 11.9 Å². The lowest BCUT2D eigenvalue weighted by molar-refractivity contribution is 0.171. The maximum atomic E-state index is 6.26. The van der Waals surface area contributed by atoms with Crippen LogP contribution in [0, 0.1) is 0 Å². The summed E-state index contributed by atoms with van der Waals surface area (Å²) in [6.45, 7) is 2.01. The molecule has 0 aliphatic heterocycles. The van der Waals surface area contributed by atoms with Gasteiger partial charge in [0.25, 0.3) is 0 Å². The topological polar surface area (TPSA) is 35.2 Å². The van der Waals surface area contributed by atoms with E-state index in [0.717, 1.165) is 12.0 Å². The minimum absolute atomic E-state index is 0.181. The van der Waals surface area contributed by atoms with Gasteiger partial charge in [-0.05, 0) is 24.6 Å². The van der Waals surface area contributed by atoms with E-state index in [1.165, 1.54) is 0 Å². The molecule has 0 aromatic heterocycles. The van der Waals surface area contributed by atoms with Crippen molar-refractivity contribution in [3.8, 4) is 5.75 Å². The SMILES string of the molecule is CCC(N)C(Oc1ccc(Cl)c(Cl)c1)c1ccccc1Cl. The molecule has 0 aliphatic rings. The van der Waals surface area contributed by atoms with E-state index >= 15 is 0 Å². The van der Waals surface area contributed by atoms with Crippen molar-refractivity contribution in [2.24, 2.45) is 5.73 Å². The molecule has 0 bridgehead atoms. The molecule has 5 heteroatoms. The summed E-state index contributed by atoms with van der Waals surface area (Å²) in [5, 5.41) is 1.56. The van der Waals surface area contributed by atoms with E-state index < -0.39 is 0 Å². The Labute approximate surface area is 139 Å². The first-order valence-electron chi connectivity index (χ1n) is 6.64. The maximum absolute atomic E-state index is 6.26. The van der Waals surface area contributed by atoms with Crippen LogP contribution in [0.15, 0.2) is 42.5 Å². The Balaban J connectivity index is 2.33. The van der Waals surface area contributed by atoms with Crippen LogP contribution in [-0.4, -0.2) is 6.04 Å². The molecule has 21 heavy (non-hydrogen) atoms. The Morgan fingerprint density at radius 3 is 2.33 bits per heavy atom. The van der Waals surface area contributed by atoms with Gasteiger partial charge in [0.15, 0.2) is 0 Å². The molecule has 0 fully saturated rings. The molecule has 2 nitrogen and oxygen atoms in total. The summed E-state index contributed by atoms with van der Waals surface area (Å²) in [5.74, 6) is 0.609. The Bertz CT molecular complexity index is 618. The van der Waals surface area contributed by atoms with Gasteiger partial charge in [0.2, 0.25) is 0 Å². The van der Waals surface area contributed by atoms with Gasteiger partial charge in [-0.1, -0.05) is 59.9 Å². The molecule has 0 spiro atoms. The van der Waals surface area contributed by atoms with Crippen LogP contribution in [0.2, 0.25) is 15.1 Å². The number of benzene rings is 2. The Morgan fingerprint density at radius 1 is 1.00 bits per heavy atom. The predicted octanol–water partition coefficient (Wildman–Crippen LogP) is 5.50. The highest BCUT2D eigenvalue weighted by Crippen LogP contribution is 2.33. The smallest absolute Gasteiger partial charge is 0.140 e. The molecule has 0 aliphatic carbocycles. The Hall–Kier alpha value is -0.930. The van der Waals surface area contributed by atoms with E-state index in [1.54, 1.807) is 18.2 Å². The van der Waals surface area contributed by atoms with Crippen LogP contribution in [0.25, 0.3) is 0 Å². The third-order valence-corrected chi connectivity index (χ3v) is 4.31. The van der Waals surface area contributed by atoms with Gasteiger partial charge >= 0.3 is 0 Å². The van der Waals surface area contributed by atoms with Crippen molar-refractivity contribution >= 4 is 34.8 Å². The van der Waals surface area contributed by atoms with E-state index in [-0.39, 0.29) is 12.1 Å². The molecular formula is C16H16Cl3NO. The van der Waals surface area contributed by atoms with Crippen molar-refractivity contribution in [2.75, 3.05) is 0 Å². The predicted molar refractivity (Wildman–Crippen MR) is 89.5 cm³/mol. The van der Waals surface area contributed by atoms with E-state index in [4.69, 9.17) is 45.3 Å². The molecule has 0 amide bonds. The van der Waals surface area contributed by atoms with Gasteiger partial charge in [-0.2, -0.15) is 0 Å². The van der Waals surface area contributed by atoms with E-state index in [1.807, 2.05) is 31.2 Å². The number of rotatable bonds is 5. The number of hydrogen-bond donors (Lipinski definition) is 1. The number of halogens is 3. The highest BCUT2D eigenvalue weighted by atomic mass is 35.5. The fraction of sp³-hybridized carbons (Fsp3) is 0.250. The molecule has 0 saturated heterocycles. The van der Waals surface area contributed by atoms with Crippen LogP contribution in [0.5, 0.6) is 5.75 Å². The Kier molecular flexibility index (Phi) is 5.77. The van der Waals surface area contributed by atoms with Crippen LogP contribution in [0.1, 0.15) is 25.0 Å². The van der Waals surface area contributed by atoms with Crippen molar-refractivity contribution in [3.63, 3.8) is 0 Å². The summed E-state index contributed by atoms with van der Waals surface area (Å²) in [7, 11) is 0. The first-order valence-corrected chi connectivity index (χ1v) is 7.78. The van der Waals surface area contributed by atoms with Crippen molar-refractivity contribution in [3.05, 3.63) is 63.1 Å². The fourth-order valence-electron chi connectivity index (χ4n) is 2.00. The normalized spacial score (nSPS) is 13.8. The van der Waals surface area contributed by atoms with Crippen LogP contribution >= 0.6 is 34.8 Å². The second-order valence-electron chi connectivity index (χ2n) is 4.71. The van der Waals surface area contributed by atoms with Gasteiger partial charge in [0.05, 0.1) is 10.0 Å². The number of ether oxygens (including phenoxy) is 1. The molecule has 2 rings (SSSR count). The lowest BCUT2D eigenvalue weighted by Gasteiger charge is -2.25. The average molecular weight is 345 g/mol. The first-order chi connectivity index (χ1) is 10.0. The van der Waals surface area contributed by atoms with Gasteiger partial charge in [0, 0.05) is 22.7 Å². The minimum Gasteiger partial charge on any atom is -0.484 e. The van der Waals surface area contributed by atoms with Crippen molar-refractivity contribution in [1.29, 1.82) is 0 Å². The molecule has 0 radical (unpaired) electrons. The standard InChI is InChI=1S/C16H16Cl3NO/c1-2-15(20)16(11-5-3-4-6-12(11)17)21-10-7-8-13(18)14(19)9-10/h3-9,15-16H,2,20H2,1H3. The molecule has 0 heterocycles. The highest BCUT2D eigenvalue weighted by molar-refractivity contribution is 6.42. The third kappa shape index (κ3) is 4.04.